The van der Waals surface area contributed by atoms with Crippen molar-refractivity contribution in [2.24, 2.45) is 7.05 Å². The third-order valence-electron chi connectivity index (χ3n) is 2.09. The third-order valence-corrected chi connectivity index (χ3v) is 2.09. The summed E-state index contributed by atoms with van der Waals surface area (Å²) < 4.78 is 1.82. The lowest BCUT2D eigenvalue weighted by atomic mass is 10.3. The maximum absolute atomic E-state index is 8.56. The van der Waals surface area contributed by atoms with Gasteiger partial charge in [0, 0.05) is 32.8 Å². The molecule has 0 aromatic carbocycles. The van der Waals surface area contributed by atoms with Crippen LogP contribution in [0.2, 0.25) is 0 Å². The molecule has 1 rings (SSSR count). The van der Waals surface area contributed by atoms with E-state index in [-0.39, 0.29) is 0 Å². The minimum Gasteiger partial charge on any atom is -0.396 e. The fourth-order valence-electron chi connectivity index (χ4n) is 1.30. The van der Waals surface area contributed by atoms with Gasteiger partial charge < -0.3 is 10.4 Å². The number of aliphatic hydroxyl groups excluding tert-OH is 1. The van der Waals surface area contributed by atoms with Crippen molar-refractivity contribution in [2.75, 3.05) is 19.7 Å². The van der Waals surface area contributed by atoms with Crippen LogP contribution >= 0.6 is 0 Å². The molecule has 0 atom stereocenters. The summed E-state index contributed by atoms with van der Waals surface area (Å²) in [6.45, 7) is 2.23. The summed E-state index contributed by atoms with van der Waals surface area (Å²) in [6, 6.07) is 2.04. The largest absolute Gasteiger partial charge is 0.396 e. The number of hydrogen-bond acceptors (Lipinski definition) is 3. The van der Waals surface area contributed by atoms with E-state index in [0.717, 1.165) is 38.0 Å². The summed E-state index contributed by atoms with van der Waals surface area (Å²) in [7, 11) is 1.93. The summed E-state index contributed by atoms with van der Waals surface area (Å²) in [5, 5.41) is 16.2. The molecule has 1 aromatic heterocycles. The number of aromatic nitrogens is 2. The molecule has 0 aliphatic carbocycles. The molecule has 0 aliphatic heterocycles. The molecular weight excluding hydrogens is 178 g/mol. The predicted octanol–water partition coefficient (Wildman–Crippen LogP) is 0.325. The number of hydrogen-bond donors (Lipinski definition) is 2. The van der Waals surface area contributed by atoms with Gasteiger partial charge in [0.1, 0.15) is 0 Å². The first kappa shape index (κ1) is 11.2. The van der Waals surface area contributed by atoms with Gasteiger partial charge in [-0.25, -0.2) is 0 Å². The van der Waals surface area contributed by atoms with Gasteiger partial charge in [-0.3, -0.25) is 4.68 Å². The molecule has 0 bridgehead atoms. The molecule has 0 aliphatic rings. The van der Waals surface area contributed by atoms with E-state index < -0.39 is 0 Å². The van der Waals surface area contributed by atoms with Crippen LogP contribution in [-0.2, 0) is 13.5 Å². The Bertz CT molecular complexity index is 247. The maximum Gasteiger partial charge on any atom is 0.0637 e. The number of nitrogens with zero attached hydrogens (tertiary/aromatic N) is 2. The molecule has 0 amide bonds. The minimum absolute atomic E-state index is 0.294. The smallest absolute Gasteiger partial charge is 0.0637 e. The molecule has 14 heavy (non-hydrogen) atoms. The summed E-state index contributed by atoms with van der Waals surface area (Å²) in [5.41, 5.74) is 1.13. The Kier molecular flexibility index (Phi) is 5.25. The van der Waals surface area contributed by atoms with E-state index in [1.54, 1.807) is 0 Å². The van der Waals surface area contributed by atoms with Crippen molar-refractivity contribution >= 4 is 0 Å². The Morgan fingerprint density at radius 2 is 2.29 bits per heavy atom. The first-order chi connectivity index (χ1) is 6.83. The fraction of sp³-hybridized carbons (Fsp3) is 0.700. The van der Waals surface area contributed by atoms with Crippen LogP contribution in [0.1, 0.15) is 18.5 Å². The van der Waals surface area contributed by atoms with E-state index in [1.165, 1.54) is 0 Å². The molecule has 1 aromatic rings. The summed E-state index contributed by atoms with van der Waals surface area (Å²) in [6.07, 6.45) is 4.86. The van der Waals surface area contributed by atoms with Crippen molar-refractivity contribution in [1.82, 2.24) is 15.1 Å². The number of unbranched alkanes of at least 4 members (excludes halogenated alkanes) is 1. The van der Waals surface area contributed by atoms with Crippen LogP contribution in [0.4, 0.5) is 0 Å². The number of nitrogens with one attached hydrogen (secondary N) is 1. The highest BCUT2D eigenvalue weighted by Gasteiger charge is 1.95. The lowest BCUT2D eigenvalue weighted by molar-refractivity contribution is 0.284. The van der Waals surface area contributed by atoms with Crippen LogP contribution in [0, 0.1) is 0 Å². The first-order valence-corrected chi connectivity index (χ1v) is 5.13. The molecule has 80 valence electrons. The number of rotatable bonds is 7. The third kappa shape index (κ3) is 4.39. The summed E-state index contributed by atoms with van der Waals surface area (Å²) in [4.78, 5) is 0. The van der Waals surface area contributed by atoms with Crippen LogP contribution < -0.4 is 5.32 Å². The Morgan fingerprint density at radius 3 is 2.93 bits per heavy atom. The molecule has 0 fully saturated rings. The van der Waals surface area contributed by atoms with Crippen LogP contribution in [0.15, 0.2) is 12.3 Å². The second-order valence-electron chi connectivity index (χ2n) is 3.41. The normalized spacial score (nSPS) is 10.7. The molecule has 2 N–H and O–H groups in total. The van der Waals surface area contributed by atoms with E-state index in [4.69, 9.17) is 5.11 Å². The molecule has 0 radical (unpaired) electrons. The van der Waals surface area contributed by atoms with Gasteiger partial charge >= 0.3 is 0 Å². The molecule has 0 saturated heterocycles. The van der Waals surface area contributed by atoms with Gasteiger partial charge in [-0.1, -0.05) is 0 Å². The zero-order chi connectivity index (χ0) is 10.2. The Labute approximate surface area is 84.9 Å². The number of aryl methyl sites for hydroxylation is 1. The van der Waals surface area contributed by atoms with Gasteiger partial charge in [0.2, 0.25) is 0 Å². The van der Waals surface area contributed by atoms with Crippen molar-refractivity contribution in [3.8, 4) is 0 Å². The van der Waals surface area contributed by atoms with Crippen molar-refractivity contribution < 1.29 is 5.11 Å². The second kappa shape index (κ2) is 6.56. The Hall–Kier alpha value is -0.870. The van der Waals surface area contributed by atoms with Crippen molar-refractivity contribution in [3.05, 3.63) is 18.0 Å². The second-order valence-corrected chi connectivity index (χ2v) is 3.41. The van der Waals surface area contributed by atoms with Crippen molar-refractivity contribution in [1.29, 1.82) is 0 Å². The average Bonchev–Trinajstić information content (AvgIpc) is 2.58. The summed E-state index contributed by atoms with van der Waals surface area (Å²) in [5.74, 6) is 0. The zero-order valence-corrected chi connectivity index (χ0v) is 8.74. The molecule has 1 heterocycles. The maximum atomic E-state index is 8.56. The van der Waals surface area contributed by atoms with Gasteiger partial charge in [-0.2, -0.15) is 5.10 Å². The quantitative estimate of drug-likeness (QED) is 0.619. The van der Waals surface area contributed by atoms with Crippen molar-refractivity contribution in [3.63, 3.8) is 0 Å². The monoisotopic (exact) mass is 197 g/mol. The zero-order valence-electron chi connectivity index (χ0n) is 8.74. The molecule has 0 unspecified atom stereocenters. The average molecular weight is 197 g/mol. The highest BCUT2D eigenvalue weighted by molar-refractivity contribution is 4.98. The van der Waals surface area contributed by atoms with E-state index in [2.05, 4.69) is 10.4 Å². The fourth-order valence-corrected chi connectivity index (χ4v) is 1.30. The van der Waals surface area contributed by atoms with Crippen LogP contribution in [0.5, 0.6) is 0 Å². The van der Waals surface area contributed by atoms with E-state index in [0.29, 0.717) is 6.61 Å². The lowest BCUT2D eigenvalue weighted by Gasteiger charge is -2.01. The minimum atomic E-state index is 0.294. The SMILES string of the molecule is Cn1ccc(CCNCCCCO)n1. The lowest BCUT2D eigenvalue weighted by Crippen LogP contribution is -2.18. The number of aliphatic hydroxyl groups is 1. The molecule has 0 spiro atoms. The molecule has 4 nitrogen and oxygen atoms in total. The Morgan fingerprint density at radius 1 is 1.43 bits per heavy atom. The molecule has 0 saturated carbocycles. The highest BCUT2D eigenvalue weighted by Crippen LogP contribution is 1.94. The molecular formula is C10H19N3O. The first-order valence-electron chi connectivity index (χ1n) is 5.13. The van der Waals surface area contributed by atoms with Crippen LogP contribution in [-0.4, -0.2) is 34.6 Å². The Balaban J connectivity index is 1.99. The van der Waals surface area contributed by atoms with Gasteiger partial charge in [0.25, 0.3) is 0 Å². The molecule has 4 heteroatoms. The highest BCUT2D eigenvalue weighted by atomic mass is 16.2. The topological polar surface area (TPSA) is 50.1 Å². The van der Waals surface area contributed by atoms with Crippen LogP contribution in [0.3, 0.4) is 0 Å². The van der Waals surface area contributed by atoms with E-state index >= 15 is 0 Å². The van der Waals surface area contributed by atoms with Gasteiger partial charge in [-0.05, 0) is 25.5 Å². The standard InChI is InChI=1S/C10H19N3O/c1-13-8-5-10(12-13)4-7-11-6-2-3-9-14/h5,8,11,14H,2-4,6-7,9H2,1H3. The summed E-state index contributed by atoms with van der Waals surface area (Å²) >= 11 is 0. The van der Waals surface area contributed by atoms with Gasteiger partial charge in [-0.15, -0.1) is 0 Å². The van der Waals surface area contributed by atoms with Crippen LogP contribution in [0.25, 0.3) is 0 Å². The van der Waals surface area contributed by atoms with Gasteiger partial charge in [0.05, 0.1) is 5.69 Å². The van der Waals surface area contributed by atoms with Gasteiger partial charge in [0.15, 0.2) is 0 Å². The van der Waals surface area contributed by atoms with Crippen molar-refractivity contribution in [2.45, 2.75) is 19.3 Å². The van der Waals surface area contributed by atoms with E-state index in [9.17, 15) is 0 Å². The van der Waals surface area contributed by atoms with E-state index in [1.807, 2.05) is 24.0 Å². The predicted molar refractivity (Wildman–Crippen MR) is 56.1 cm³/mol.